The van der Waals surface area contributed by atoms with E-state index in [-0.39, 0.29) is 49.8 Å². The topological polar surface area (TPSA) is 125 Å². The van der Waals surface area contributed by atoms with Crippen LogP contribution in [0.5, 0.6) is 0 Å². The smallest absolute Gasteiger partial charge is 0.313 e. The van der Waals surface area contributed by atoms with Gasteiger partial charge in [0.25, 0.3) is 0 Å². The van der Waals surface area contributed by atoms with Crippen molar-refractivity contribution in [3.8, 4) is 0 Å². The number of esters is 1. The molecule has 1 spiro atoms. The molecule has 0 unspecified atom stereocenters. The number of carbonyl (C=O) groups excluding carboxylic acids is 4. The van der Waals surface area contributed by atoms with Gasteiger partial charge in [-0.15, -0.1) is 0 Å². The molecule has 39 heavy (non-hydrogen) atoms. The van der Waals surface area contributed by atoms with Crippen LogP contribution < -0.4 is 5.32 Å². The first kappa shape index (κ1) is 29.3. The number of nitrogens with one attached hydrogen (secondary N) is 1. The molecular weight excluding hydrogens is 502 g/mol. The predicted octanol–water partition coefficient (Wildman–Crippen LogP) is 1.57. The van der Waals surface area contributed by atoms with Gasteiger partial charge >= 0.3 is 5.97 Å². The third kappa shape index (κ3) is 5.13. The maximum Gasteiger partial charge on any atom is 0.313 e. The van der Waals surface area contributed by atoms with Crippen LogP contribution in [-0.4, -0.2) is 93.7 Å². The van der Waals surface area contributed by atoms with Gasteiger partial charge in [-0.3, -0.25) is 19.2 Å². The highest BCUT2D eigenvalue weighted by Gasteiger charge is 2.74. The average Bonchev–Trinajstić information content (AvgIpc) is 3.51. The molecule has 0 aromatic heterocycles. The standard InChI is InChI=1S/C29H43N3O7/c1-7-17(2)19(16-33)32-24-26(36)31(28(4,5)6)14-10-8-9-11-21(34)30-15-18(3)38-27(37)22-20-12-13-29(24,39-20)23(22)25(32)35/h8,10,12-13,17-20,22-24,33H,7,9,11,14-16H2,1-6H3,(H,30,34)/b10-8-/t17-,18-,19-,20+,22-,23-,24+,29-/m0/s1. The third-order valence-corrected chi connectivity index (χ3v) is 8.64. The number of allylic oxidation sites excluding steroid dienone is 1. The number of rotatable bonds is 4. The van der Waals surface area contributed by atoms with Crippen LogP contribution in [-0.2, 0) is 28.7 Å². The molecule has 2 saturated heterocycles. The Labute approximate surface area is 230 Å². The van der Waals surface area contributed by atoms with E-state index in [1.165, 1.54) is 4.90 Å². The largest absolute Gasteiger partial charge is 0.460 e. The van der Waals surface area contributed by atoms with Crippen LogP contribution in [0.25, 0.3) is 0 Å². The zero-order chi connectivity index (χ0) is 28.7. The molecule has 8 atom stereocenters. The lowest BCUT2D eigenvalue weighted by Crippen LogP contribution is -2.62. The molecule has 216 valence electrons. The van der Waals surface area contributed by atoms with E-state index in [9.17, 15) is 24.3 Å². The highest BCUT2D eigenvalue weighted by atomic mass is 16.6. The molecule has 2 fully saturated rings. The van der Waals surface area contributed by atoms with Gasteiger partial charge in [-0.25, -0.2) is 0 Å². The average molecular weight is 546 g/mol. The minimum atomic E-state index is -1.35. The minimum Gasteiger partial charge on any atom is -0.460 e. The van der Waals surface area contributed by atoms with Crippen molar-refractivity contribution in [2.75, 3.05) is 19.7 Å². The molecule has 0 aromatic carbocycles. The summed E-state index contributed by atoms with van der Waals surface area (Å²) in [7, 11) is 0. The van der Waals surface area contributed by atoms with Gasteiger partial charge in [0.15, 0.2) is 0 Å². The van der Waals surface area contributed by atoms with Gasteiger partial charge in [-0.1, -0.05) is 44.6 Å². The summed E-state index contributed by atoms with van der Waals surface area (Å²) in [5.41, 5.74) is -1.95. The van der Waals surface area contributed by atoms with E-state index < -0.39 is 53.2 Å². The van der Waals surface area contributed by atoms with E-state index in [0.717, 1.165) is 0 Å². The summed E-state index contributed by atoms with van der Waals surface area (Å²) in [6.07, 6.45) is 7.38. The number of carbonyl (C=O) groups is 4. The molecule has 4 heterocycles. The van der Waals surface area contributed by atoms with Crippen LogP contribution in [0.3, 0.4) is 0 Å². The van der Waals surface area contributed by atoms with Gasteiger partial charge in [0.2, 0.25) is 17.7 Å². The second-order valence-electron chi connectivity index (χ2n) is 12.3. The predicted molar refractivity (Wildman–Crippen MR) is 143 cm³/mol. The van der Waals surface area contributed by atoms with Crippen LogP contribution in [0.4, 0.5) is 0 Å². The number of ether oxygens (including phenoxy) is 2. The van der Waals surface area contributed by atoms with Crippen molar-refractivity contribution in [1.29, 1.82) is 0 Å². The Morgan fingerprint density at radius 3 is 2.54 bits per heavy atom. The number of fused-ring (bicyclic) bond motifs is 2. The zero-order valence-corrected chi connectivity index (χ0v) is 23.9. The second-order valence-corrected chi connectivity index (χ2v) is 12.3. The first-order valence-electron chi connectivity index (χ1n) is 14.1. The van der Waals surface area contributed by atoms with Crippen LogP contribution in [0, 0.1) is 17.8 Å². The minimum absolute atomic E-state index is 0.0967. The summed E-state index contributed by atoms with van der Waals surface area (Å²) in [5, 5.41) is 13.3. The Kier molecular flexibility index (Phi) is 8.28. The normalized spacial score (nSPS) is 36.0. The molecule has 5 bridgehead atoms. The van der Waals surface area contributed by atoms with E-state index >= 15 is 0 Å². The summed E-state index contributed by atoms with van der Waals surface area (Å²) in [6.45, 7) is 11.5. The lowest BCUT2D eigenvalue weighted by Gasteiger charge is -2.44. The quantitative estimate of drug-likeness (QED) is 0.406. The number of hydrogen-bond donors (Lipinski definition) is 2. The van der Waals surface area contributed by atoms with Crippen LogP contribution in [0.1, 0.15) is 60.8 Å². The van der Waals surface area contributed by atoms with Gasteiger partial charge in [0.1, 0.15) is 23.7 Å². The van der Waals surface area contributed by atoms with Crippen molar-refractivity contribution in [2.24, 2.45) is 17.8 Å². The molecule has 0 radical (unpaired) electrons. The monoisotopic (exact) mass is 545 g/mol. The molecule has 0 aromatic rings. The number of aliphatic hydroxyl groups is 1. The Hall–Kier alpha value is -2.72. The summed E-state index contributed by atoms with van der Waals surface area (Å²) >= 11 is 0. The fourth-order valence-corrected chi connectivity index (χ4v) is 6.35. The van der Waals surface area contributed by atoms with Crippen molar-refractivity contribution >= 4 is 23.7 Å². The van der Waals surface area contributed by atoms with Crippen LogP contribution >= 0.6 is 0 Å². The van der Waals surface area contributed by atoms with Gasteiger partial charge in [0, 0.05) is 18.5 Å². The van der Waals surface area contributed by atoms with Gasteiger partial charge in [-0.05, 0) is 40.0 Å². The summed E-state index contributed by atoms with van der Waals surface area (Å²) < 4.78 is 12.1. The molecule has 10 heteroatoms. The highest BCUT2D eigenvalue weighted by Crippen LogP contribution is 2.56. The van der Waals surface area contributed by atoms with Gasteiger partial charge in [-0.2, -0.15) is 0 Å². The molecule has 3 amide bonds. The molecular formula is C29H43N3O7. The van der Waals surface area contributed by atoms with Crippen LogP contribution in [0.15, 0.2) is 24.3 Å². The van der Waals surface area contributed by atoms with Crippen LogP contribution in [0.2, 0.25) is 0 Å². The Morgan fingerprint density at radius 1 is 1.18 bits per heavy atom. The first-order valence-corrected chi connectivity index (χ1v) is 14.1. The Bertz CT molecular complexity index is 1050. The second kappa shape index (κ2) is 11.0. The summed E-state index contributed by atoms with van der Waals surface area (Å²) in [5.74, 6) is -3.43. The van der Waals surface area contributed by atoms with E-state index in [2.05, 4.69) is 5.32 Å². The molecule has 4 aliphatic heterocycles. The number of hydrogen-bond acceptors (Lipinski definition) is 7. The number of nitrogens with zero attached hydrogens (tertiary/aromatic N) is 2. The number of cyclic esters (lactones) is 1. The summed E-state index contributed by atoms with van der Waals surface area (Å²) in [6, 6.07) is -1.68. The SMILES string of the molecule is CC[C@H](C)[C@H](CO)N1C(=O)[C@@H]2[C@H]3C(=O)O[C@@H](C)CNC(=O)CC/C=C\CN(C(C)(C)C)C(=O)[C@@H]1[C@]21C=C[C@H]3O1. The van der Waals surface area contributed by atoms with Gasteiger partial charge < -0.3 is 29.7 Å². The van der Waals surface area contributed by atoms with Crippen molar-refractivity contribution in [2.45, 2.75) is 96.2 Å². The fraction of sp³-hybridized carbons (Fsp3) is 0.724. The molecule has 4 aliphatic rings. The fourth-order valence-electron chi connectivity index (χ4n) is 6.35. The molecule has 0 saturated carbocycles. The maximum absolute atomic E-state index is 14.6. The molecule has 10 nitrogen and oxygen atoms in total. The summed E-state index contributed by atoms with van der Waals surface area (Å²) in [4.78, 5) is 57.8. The van der Waals surface area contributed by atoms with Crippen molar-refractivity contribution in [1.82, 2.24) is 15.1 Å². The van der Waals surface area contributed by atoms with E-state index in [1.807, 2.05) is 46.8 Å². The Balaban J connectivity index is 1.84. The number of aliphatic hydroxyl groups excluding tert-OH is 1. The van der Waals surface area contributed by atoms with Gasteiger partial charge in [0.05, 0.1) is 31.2 Å². The Morgan fingerprint density at radius 2 is 1.90 bits per heavy atom. The lowest BCUT2D eigenvalue weighted by atomic mass is 9.74. The van der Waals surface area contributed by atoms with Crippen molar-refractivity contribution in [3.05, 3.63) is 24.3 Å². The molecule has 0 aliphatic carbocycles. The van der Waals surface area contributed by atoms with E-state index in [4.69, 9.17) is 9.47 Å². The van der Waals surface area contributed by atoms with Crippen molar-refractivity contribution < 1.29 is 33.8 Å². The van der Waals surface area contributed by atoms with E-state index in [1.54, 1.807) is 24.0 Å². The lowest BCUT2D eigenvalue weighted by molar-refractivity contribution is -0.160. The molecule has 2 N–H and O–H groups in total. The van der Waals surface area contributed by atoms with E-state index in [0.29, 0.717) is 12.8 Å². The number of amides is 3. The zero-order valence-electron chi connectivity index (χ0n) is 23.9. The highest BCUT2D eigenvalue weighted by molar-refractivity contribution is 5.99. The maximum atomic E-state index is 14.6. The number of likely N-dealkylation sites (tertiary alicyclic amines) is 1. The van der Waals surface area contributed by atoms with Crippen molar-refractivity contribution in [3.63, 3.8) is 0 Å². The molecule has 4 rings (SSSR count). The first-order chi connectivity index (χ1) is 18.4. The third-order valence-electron chi connectivity index (χ3n) is 8.64.